The van der Waals surface area contributed by atoms with E-state index in [1.54, 1.807) is 0 Å². The summed E-state index contributed by atoms with van der Waals surface area (Å²) in [6.07, 6.45) is 4.24. The highest BCUT2D eigenvalue weighted by molar-refractivity contribution is 5.81. The minimum atomic E-state index is 0.599. The Labute approximate surface area is 94.4 Å². The fourth-order valence-corrected chi connectivity index (χ4v) is 2.23. The fourth-order valence-electron chi connectivity index (χ4n) is 2.23. The molecule has 0 saturated carbocycles. The second-order valence-electron chi connectivity index (χ2n) is 4.34. The lowest BCUT2D eigenvalue weighted by Gasteiger charge is -2.24. The standard InChI is InChI=1S/C12H16N4/c1-2-11(7-12-9(1)8-14-16-12)15-10-3-5-13-6-4-10/h1-2,7-8,10,13,15H,3-6H2,(H,14,16). The fraction of sp³-hybridized carbons (Fsp3) is 0.417. The molecule has 0 amide bonds. The van der Waals surface area contributed by atoms with Gasteiger partial charge in [-0.05, 0) is 44.1 Å². The van der Waals surface area contributed by atoms with Crippen LogP contribution in [0.25, 0.3) is 10.9 Å². The van der Waals surface area contributed by atoms with Crippen molar-refractivity contribution in [3.8, 4) is 0 Å². The van der Waals surface area contributed by atoms with Crippen LogP contribution in [0.15, 0.2) is 24.4 Å². The first-order valence-electron chi connectivity index (χ1n) is 5.82. The topological polar surface area (TPSA) is 52.7 Å². The van der Waals surface area contributed by atoms with E-state index in [1.807, 2.05) is 6.20 Å². The van der Waals surface area contributed by atoms with Gasteiger partial charge in [-0.25, -0.2) is 0 Å². The van der Waals surface area contributed by atoms with E-state index < -0.39 is 0 Å². The summed E-state index contributed by atoms with van der Waals surface area (Å²) in [4.78, 5) is 0. The van der Waals surface area contributed by atoms with Crippen molar-refractivity contribution in [3.63, 3.8) is 0 Å². The lowest BCUT2D eigenvalue weighted by atomic mass is 10.1. The van der Waals surface area contributed by atoms with Crippen LogP contribution >= 0.6 is 0 Å². The molecule has 4 heteroatoms. The van der Waals surface area contributed by atoms with Crippen LogP contribution in [0.3, 0.4) is 0 Å². The van der Waals surface area contributed by atoms with Gasteiger partial charge in [0.2, 0.25) is 0 Å². The minimum absolute atomic E-state index is 0.599. The molecule has 1 aromatic heterocycles. The maximum Gasteiger partial charge on any atom is 0.0670 e. The van der Waals surface area contributed by atoms with Crippen molar-refractivity contribution in [2.24, 2.45) is 0 Å². The number of nitrogens with zero attached hydrogens (tertiary/aromatic N) is 1. The first-order valence-corrected chi connectivity index (χ1v) is 5.82. The first kappa shape index (κ1) is 9.66. The van der Waals surface area contributed by atoms with Crippen LogP contribution in [-0.2, 0) is 0 Å². The highest BCUT2D eigenvalue weighted by Gasteiger charge is 2.12. The smallest absolute Gasteiger partial charge is 0.0670 e. The highest BCUT2D eigenvalue weighted by Crippen LogP contribution is 2.18. The van der Waals surface area contributed by atoms with E-state index >= 15 is 0 Å². The van der Waals surface area contributed by atoms with Gasteiger partial charge in [0.15, 0.2) is 0 Å². The third-order valence-corrected chi connectivity index (χ3v) is 3.15. The Morgan fingerprint density at radius 2 is 2.12 bits per heavy atom. The van der Waals surface area contributed by atoms with Crippen LogP contribution in [0, 0.1) is 0 Å². The molecule has 1 fully saturated rings. The van der Waals surface area contributed by atoms with Gasteiger partial charge in [-0.15, -0.1) is 0 Å². The minimum Gasteiger partial charge on any atom is -0.382 e. The molecule has 3 rings (SSSR count). The molecule has 1 aliphatic rings. The van der Waals surface area contributed by atoms with Crippen molar-refractivity contribution in [2.45, 2.75) is 18.9 Å². The Hall–Kier alpha value is -1.55. The predicted octanol–water partition coefficient (Wildman–Crippen LogP) is 1.73. The molecule has 16 heavy (non-hydrogen) atoms. The average Bonchev–Trinajstić information content (AvgIpc) is 2.77. The molecular weight excluding hydrogens is 200 g/mol. The van der Waals surface area contributed by atoms with Crippen LogP contribution in [-0.4, -0.2) is 29.3 Å². The first-order chi connectivity index (χ1) is 7.92. The summed E-state index contributed by atoms with van der Waals surface area (Å²) >= 11 is 0. The van der Waals surface area contributed by atoms with E-state index in [1.165, 1.54) is 18.5 Å². The molecule has 2 heterocycles. The Bertz CT molecular complexity index is 471. The summed E-state index contributed by atoms with van der Waals surface area (Å²) in [5, 5.41) is 15.1. The summed E-state index contributed by atoms with van der Waals surface area (Å²) in [5.74, 6) is 0. The van der Waals surface area contributed by atoms with Gasteiger partial charge >= 0.3 is 0 Å². The zero-order chi connectivity index (χ0) is 10.8. The number of benzene rings is 1. The van der Waals surface area contributed by atoms with Crippen LogP contribution in [0.5, 0.6) is 0 Å². The third kappa shape index (κ3) is 1.88. The summed E-state index contributed by atoms with van der Waals surface area (Å²) < 4.78 is 0. The van der Waals surface area contributed by atoms with E-state index in [0.29, 0.717) is 6.04 Å². The lowest BCUT2D eigenvalue weighted by Crippen LogP contribution is -2.35. The molecular formula is C12H16N4. The molecule has 0 bridgehead atoms. The predicted molar refractivity (Wildman–Crippen MR) is 65.6 cm³/mol. The number of aromatic amines is 1. The Morgan fingerprint density at radius 3 is 3.00 bits per heavy atom. The Kier molecular flexibility index (Phi) is 2.50. The van der Waals surface area contributed by atoms with Crippen LogP contribution in [0.2, 0.25) is 0 Å². The van der Waals surface area contributed by atoms with E-state index in [-0.39, 0.29) is 0 Å². The maximum atomic E-state index is 4.03. The molecule has 1 aliphatic heterocycles. The van der Waals surface area contributed by atoms with E-state index in [2.05, 4.69) is 39.0 Å². The van der Waals surface area contributed by atoms with Gasteiger partial charge in [-0.2, -0.15) is 5.10 Å². The lowest BCUT2D eigenvalue weighted by molar-refractivity contribution is 0.479. The second-order valence-corrected chi connectivity index (χ2v) is 4.34. The van der Waals surface area contributed by atoms with Crippen LogP contribution < -0.4 is 10.6 Å². The zero-order valence-electron chi connectivity index (χ0n) is 9.16. The van der Waals surface area contributed by atoms with Gasteiger partial charge in [-0.1, -0.05) is 0 Å². The Balaban J connectivity index is 1.77. The Morgan fingerprint density at radius 1 is 1.25 bits per heavy atom. The molecule has 2 aromatic rings. The van der Waals surface area contributed by atoms with Crippen molar-refractivity contribution < 1.29 is 0 Å². The maximum absolute atomic E-state index is 4.03. The molecule has 0 unspecified atom stereocenters. The number of piperidine rings is 1. The molecule has 1 saturated heterocycles. The zero-order valence-corrected chi connectivity index (χ0v) is 9.16. The third-order valence-electron chi connectivity index (χ3n) is 3.15. The summed E-state index contributed by atoms with van der Waals surface area (Å²) in [5.41, 5.74) is 2.28. The second kappa shape index (κ2) is 4.14. The summed E-state index contributed by atoms with van der Waals surface area (Å²) in [6.45, 7) is 2.23. The molecule has 0 atom stereocenters. The van der Waals surface area contributed by atoms with Crippen LogP contribution in [0.1, 0.15) is 12.8 Å². The molecule has 1 aromatic carbocycles. The van der Waals surface area contributed by atoms with Gasteiger partial charge < -0.3 is 10.6 Å². The van der Waals surface area contributed by atoms with Gasteiger partial charge in [0.05, 0.1) is 11.7 Å². The number of rotatable bonds is 2. The molecule has 3 N–H and O–H groups in total. The van der Waals surface area contributed by atoms with Crippen molar-refractivity contribution in [2.75, 3.05) is 18.4 Å². The average molecular weight is 216 g/mol. The molecule has 84 valence electrons. The van der Waals surface area contributed by atoms with Crippen molar-refractivity contribution in [1.29, 1.82) is 0 Å². The molecule has 0 radical (unpaired) electrons. The number of hydrogen-bond donors (Lipinski definition) is 3. The number of fused-ring (bicyclic) bond motifs is 1. The largest absolute Gasteiger partial charge is 0.382 e. The molecule has 0 aliphatic carbocycles. The molecule has 0 spiro atoms. The quantitative estimate of drug-likeness (QED) is 0.716. The van der Waals surface area contributed by atoms with Crippen LogP contribution in [0.4, 0.5) is 5.69 Å². The van der Waals surface area contributed by atoms with Crippen molar-refractivity contribution in [3.05, 3.63) is 24.4 Å². The van der Waals surface area contributed by atoms with E-state index in [9.17, 15) is 0 Å². The highest BCUT2D eigenvalue weighted by atomic mass is 15.1. The van der Waals surface area contributed by atoms with Crippen molar-refractivity contribution in [1.82, 2.24) is 15.5 Å². The monoisotopic (exact) mass is 216 g/mol. The number of aromatic nitrogens is 2. The van der Waals surface area contributed by atoms with E-state index in [0.717, 1.165) is 24.0 Å². The summed E-state index contributed by atoms with van der Waals surface area (Å²) in [6, 6.07) is 6.95. The van der Waals surface area contributed by atoms with Gasteiger partial charge in [0, 0.05) is 17.1 Å². The van der Waals surface area contributed by atoms with Gasteiger partial charge in [0.25, 0.3) is 0 Å². The SMILES string of the molecule is c1cc2cn[nH]c2cc1NC1CCNCC1. The number of nitrogens with one attached hydrogen (secondary N) is 3. The summed E-state index contributed by atoms with van der Waals surface area (Å²) in [7, 11) is 0. The number of anilines is 1. The van der Waals surface area contributed by atoms with Gasteiger partial charge in [0.1, 0.15) is 0 Å². The number of hydrogen-bond acceptors (Lipinski definition) is 3. The number of H-pyrrole nitrogens is 1. The molecule has 4 nitrogen and oxygen atoms in total. The van der Waals surface area contributed by atoms with E-state index in [4.69, 9.17) is 0 Å². The van der Waals surface area contributed by atoms with Crippen molar-refractivity contribution >= 4 is 16.6 Å². The normalized spacial score (nSPS) is 17.8. The van der Waals surface area contributed by atoms with Gasteiger partial charge in [-0.3, -0.25) is 5.10 Å².